The number of nitrogens with zero attached hydrogens (tertiary/aromatic N) is 5. The van der Waals surface area contributed by atoms with Crippen molar-refractivity contribution in [3.05, 3.63) is 50.5 Å². The van der Waals surface area contributed by atoms with E-state index < -0.39 is 23.3 Å². The van der Waals surface area contributed by atoms with Crippen LogP contribution in [0.15, 0.2) is 33.9 Å². The van der Waals surface area contributed by atoms with Crippen molar-refractivity contribution < 1.29 is 27.8 Å². The third kappa shape index (κ3) is 6.51. The molecule has 1 N–H and O–H groups in total. The molecule has 220 valence electrons. The second-order valence-corrected chi connectivity index (χ2v) is 11.1. The van der Waals surface area contributed by atoms with Crippen molar-refractivity contribution in [1.29, 1.82) is 0 Å². The normalized spacial score (nSPS) is 18.7. The summed E-state index contributed by atoms with van der Waals surface area (Å²) in [5, 5.41) is 11.8. The molecule has 1 aromatic heterocycles. The van der Waals surface area contributed by atoms with Crippen LogP contribution >= 0.6 is 0 Å². The van der Waals surface area contributed by atoms with Crippen molar-refractivity contribution >= 4 is 11.9 Å². The van der Waals surface area contributed by atoms with E-state index in [0.717, 1.165) is 51.1 Å². The van der Waals surface area contributed by atoms with Gasteiger partial charge in [-0.3, -0.25) is 19.1 Å². The maximum atomic E-state index is 12.9. The van der Waals surface area contributed by atoms with Crippen LogP contribution in [0.4, 0.5) is 19.1 Å². The predicted molar refractivity (Wildman–Crippen MR) is 142 cm³/mol. The Labute approximate surface area is 230 Å². The molecule has 2 aliphatic heterocycles. The molecule has 5 rings (SSSR count). The van der Waals surface area contributed by atoms with Crippen LogP contribution in [0.3, 0.4) is 0 Å². The van der Waals surface area contributed by atoms with E-state index >= 15 is 0 Å². The molecule has 1 saturated heterocycles. The number of alkyl halides is 3. The Hall–Kier alpha value is -3.35. The highest BCUT2D eigenvalue weighted by Gasteiger charge is 2.46. The number of fused-ring (bicyclic) bond motifs is 1. The highest BCUT2D eigenvalue weighted by atomic mass is 19.4. The number of aromatic nitrogens is 3. The minimum absolute atomic E-state index is 0.146. The molecule has 2 fully saturated rings. The van der Waals surface area contributed by atoms with Crippen LogP contribution in [0.5, 0.6) is 5.75 Å². The fraction of sp³-hybridized carbons (Fsp3) is 0.630. The number of likely N-dealkylation sites (N-methyl/N-ethyl adjacent to an activating group) is 1. The Morgan fingerprint density at radius 2 is 1.73 bits per heavy atom. The minimum atomic E-state index is -5.08. The van der Waals surface area contributed by atoms with Gasteiger partial charge in [-0.25, -0.2) is 9.48 Å². The molecule has 1 spiro atoms. The Morgan fingerprint density at radius 1 is 1.12 bits per heavy atom. The highest BCUT2D eigenvalue weighted by molar-refractivity contribution is 5.73. The van der Waals surface area contributed by atoms with Gasteiger partial charge in [0.1, 0.15) is 5.75 Å². The molecule has 13 heteroatoms. The molecule has 0 unspecified atom stereocenters. The summed E-state index contributed by atoms with van der Waals surface area (Å²) in [6.07, 6.45) is 0.424. The van der Waals surface area contributed by atoms with E-state index in [2.05, 4.69) is 27.0 Å². The lowest BCUT2D eigenvalue weighted by atomic mass is 9.85. The summed E-state index contributed by atoms with van der Waals surface area (Å²) in [7, 11) is 2.03. The SMILES string of the molecule is CC(C)Oc1ccc(CN2CCC3(CC2)Cn2c(nn(CC4CCC4)c(=O)c2=O)N3C)cc1.O=C(O)C(F)(F)F. The first-order chi connectivity index (χ1) is 18.8. The summed E-state index contributed by atoms with van der Waals surface area (Å²) in [6, 6.07) is 8.36. The molecule has 1 saturated carbocycles. The molecule has 1 aromatic carbocycles. The third-order valence-electron chi connectivity index (χ3n) is 7.96. The van der Waals surface area contributed by atoms with E-state index in [9.17, 15) is 22.8 Å². The lowest BCUT2D eigenvalue weighted by Crippen LogP contribution is -2.53. The number of anilines is 1. The van der Waals surface area contributed by atoms with Gasteiger partial charge in [0, 0.05) is 33.2 Å². The Kier molecular flexibility index (Phi) is 8.62. The van der Waals surface area contributed by atoms with Gasteiger partial charge in [-0.15, -0.1) is 5.10 Å². The van der Waals surface area contributed by atoms with Crippen LogP contribution in [-0.2, 0) is 24.4 Å². The van der Waals surface area contributed by atoms with Gasteiger partial charge >= 0.3 is 23.3 Å². The van der Waals surface area contributed by atoms with Gasteiger partial charge in [0.25, 0.3) is 0 Å². The van der Waals surface area contributed by atoms with Gasteiger partial charge in [-0.05, 0) is 63.1 Å². The summed E-state index contributed by atoms with van der Waals surface area (Å²) in [5.41, 5.74) is 0.232. The Bertz CT molecular complexity index is 1310. The maximum absolute atomic E-state index is 12.9. The number of benzene rings is 1. The predicted octanol–water partition coefficient (Wildman–Crippen LogP) is 3.11. The number of hydrogen-bond acceptors (Lipinski definition) is 7. The van der Waals surface area contributed by atoms with E-state index in [0.29, 0.717) is 25.0 Å². The summed E-state index contributed by atoms with van der Waals surface area (Å²) in [4.78, 5) is 39.1. The molecule has 2 aromatic rings. The van der Waals surface area contributed by atoms with Crippen LogP contribution in [0.1, 0.15) is 51.5 Å². The van der Waals surface area contributed by atoms with Gasteiger partial charge in [0.05, 0.1) is 18.2 Å². The first-order valence-electron chi connectivity index (χ1n) is 13.5. The number of aliphatic carboxylic acids is 1. The quantitative estimate of drug-likeness (QED) is 0.531. The molecule has 40 heavy (non-hydrogen) atoms. The molecule has 1 aliphatic carbocycles. The number of piperidine rings is 1. The van der Waals surface area contributed by atoms with Crippen molar-refractivity contribution in [2.24, 2.45) is 5.92 Å². The molecule has 3 aliphatic rings. The second-order valence-electron chi connectivity index (χ2n) is 11.1. The van der Waals surface area contributed by atoms with Gasteiger partial charge in [-0.1, -0.05) is 18.6 Å². The molecule has 0 atom stereocenters. The fourth-order valence-corrected chi connectivity index (χ4v) is 5.40. The average molecular weight is 568 g/mol. The summed E-state index contributed by atoms with van der Waals surface area (Å²) >= 11 is 0. The van der Waals surface area contributed by atoms with E-state index in [1.54, 1.807) is 4.57 Å². The standard InChI is InChI=1S/C25H35N5O3.C2HF3O2/c1-18(2)33-21-9-7-20(8-10-21)15-28-13-11-25(12-14-28)17-29-22(31)23(32)30(16-19-5-4-6-19)26-24(29)27(25)3;3-2(4,5)1(6)7/h7-10,18-19H,4-6,11-17H2,1-3H3;(H,6,7). The summed E-state index contributed by atoms with van der Waals surface area (Å²) < 4.78 is 40.5. The molecule has 0 radical (unpaired) electrons. The van der Waals surface area contributed by atoms with Gasteiger partial charge in [0.2, 0.25) is 5.95 Å². The zero-order chi connectivity index (χ0) is 29.2. The van der Waals surface area contributed by atoms with Crippen LogP contribution in [0.25, 0.3) is 0 Å². The number of carboxylic acid groups (broad SMARTS) is 1. The number of likely N-dealkylation sites (tertiary alicyclic amines) is 1. The van der Waals surface area contributed by atoms with Crippen molar-refractivity contribution in [3.8, 4) is 5.75 Å². The van der Waals surface area contributed by atoms with Crippen LogP contribution in [-0.4, -0.2) is 68.3 Å². The summed E-state index contributed by atoms with van der Waals surface area (Å²) in [6.45, 7) is 7.99. The first kappa shape index (κ1) is 29.6. The zero-order valence-corrected chi connectivity index (χ0v) is 23.0. The number of carboxylic acids is 1. The van der Waals surface area contributed by atoms with Crippen LogP contribution < -0.4 is 20.8 Å². The minimum Gasteiger partial charge on any atom is -0.491 e. The van der Waals surface area contributed by atoms with Crippen LogP contribution in [0, 0.1) is 5.92 Å². The molecule has 3 heterocycles. The van der Waals surface area contributed by atoms with E-state index in [-0.39, 0.29) is 11.6 Å². The van der Waals surface area contributed by atoms with E-state index in [4.69, 9.17) is 14.6 Å². The largest absolute Gasteiger partial charge is 0.491 e. The van der Waals surface area contributed by atoms with Gasteiger partial charge < -0.3 is 14.7 Å². The first-order valence-corrected chi connectivity index (χ1v) is 13.5. The average Bonchev–Trinajstić information content (AvgIpc) is 3.13. The molecular formula is C27H36F3N5O5. The molecule has 0 amide bonds. The topological polar surface area (TPSA) is 110 Å². The number of hydrogen-bond donors (Lipinski definition) is 1. The Balaban J connectivity index is 0.000000470. The molecule has 10 nitrogen and oxygen atoms in total. The maximum Gasteiger partial charge on any atom is 0.490 e. The number of rotatable bonds is 6. The van der Waals surface area contributed by atoms with Gasteiger partial charge in [-0.2, -0.15) is 13.2 Å². The monoisotopic (exact) mass is 567 g/mol. The van der Waals surface area contributed by atoms with Gasteiger partial charge in [0.15, 0.2) is 0 Å². The van der Waals surface area contributed by atoms with Crippen molar-refractivity contribution in [2.75, 3.05) is 25.0 Å². The Morgan fingerprint density at radius 3 is 2.23 bits per heavy atom. The number of carbonyl (C=O) groups is 1. The lowest BCUT2D eigenvalue weighted by molar-refractivity contribution is -0.192. The molecular weight excluding hydrogens is 531 g/mol. The third-order valence-corrected chi connectivity index (χ3v) is 7.96. The molecule has 0 bridgehead atoms. The van der Waals surface area contributed by atoms with E-state index in [1.165, 1.54) is 16.7 Å². The van der Waals surface area contributed by atoms with Crippen molar-refractivity contribution in [1.82, 2.24) is 19.2 Å². The second kappa shape index (κ2) is 11.6. The number of ether oxygens (including phenoxy) is 1. The smallest absolute Gasteiger partial charge is 0.490 e. The van der Waals surface area contributed by atoms with E-state index in [1.807, 2.05) is 33.0 Å². The van der Waals surface area contributed by atoms with Crippen LogP contribution in [0.2, 0.25) is 0 Å². The van der Waals surface area contributed by atoms with Crippen molar-refractivity contribution in [2.45, 2.75) is 83.4 Å². The lowest BCUT2D eigenvalue weighted by Gasteiger charge is -2.43. The summed E-state index contributed by atoms with van der Waals surface area (Å²) in [5.74, 6) is -0.727. The number of halogens is 3. The fourth-order valence-electron chi connectivity index (χ4n) is 5.40. The highest BCUT2D eigenvalue weighted by Crippen LogP contribution is 2.38. The van der Waals surface area contributed by atoms with Crippen molar-refractivity contribution in [3.63, 3.8) is 0 Å². The zero-order valence-electron chi connectivity index (χ0n) is 23.0.